The van der Waals surface area contributed by atoms with Crippen LogP contribution >= 0.6 is 11.6 Å². The summed E-state index contributed by atoms with van der Waals surface area (Å²) in [4.78, 5) is 13.6. The normalized spacial score (nSPS) is 21.1. The molecular weight excluding hydrogens is 252 g/mol. The molecule has 0 unspecified atom stereocenters. The smallest absolute Gasteiger partial charge is 0.252 e. The highest BCUT2D eigenvalue weighted by molar-refractivity contribution is 6.29. The number of amides is 1. The maximum atomic E-state index is 11.5. The highest BCUT2D eigenvalue weighted by atomic mass is 35.5. The van der Waals surface area contributed by atoms with Gasteiger partial charge in [-0.05, 0) is 37.2 Å². The molecule has 2 fully saturated rings. The first-order valence-corrected chi connectivity index (χ1v) is 6.55. The number of anilines is 1. The Hall–Kier alpha value is -1.36. The van der Waals surface area contributed by atoms with Crippen LogP contribution in [0.1, 0.15) is 36.0 Å². The summed E-state index contributed by atoms with van der Waals surface area (Å²) in [6.07, 6.45) is 4.95. The van der Waals surface area contributed by atoms with Crippen LogP contribution in [-0.2, 0) is 0 Å². The summed E-state index contributed by atoms with van der Waals surface area (Å²) in [5, 5.41) is 8.09. The summed E-state index contributed by atoms with van der Waals surface area (Å²) in [5.74, 6) is 0.0788. The van der Waals surface area contributed by atoms with Crippen molar-refractivity contribution < 1.29 is 4.79 Å². The zero-order valence-corrected chi connectivity index (χ0v) is 10.8. The zero-order chi connectivity index (χ0) is 12.8. The molecule has 1 aromatic heterocycles. The number of carbonyl (C=O) groups is 1. The van der Waals surface area contributed by atoms with Gasteiger partial charge in [0.1, 0.15) is 0 Å². The third kappa shape index (κ3) is 2.03. The summed E-state index contributed by atoms with van der Waals surface area (Å²) in [5.41, 5.74) is 6.20. The molecule has 2 aliphatic rings. The number of primary amides is 1. The van der Waals surface area contributed by atoms with Crippen molar-refractivity contribution in [3.63, 3.8) is 0 Å². The van der Waals surface area contributed by atoms with Crippen molar-refractivity contribution in [1.82, 2.24) is 10.2 Å². The minimum Gasteiger partial charge on any atom is -0.365 e. The number of hydrogen-bond acceptors (Lipinski definition) is 4. The van der Waals surface area contributed by atoms with Crippen molar-refractivity contribution >= 4 is 23.3 Å². The van der Waals surface area contributed by atoms with E-state index >= 15 is 0 Å². The highest BCUT2D eigenvalue weighted by Gasteiger charge is 2.46. The average Bonchev–Trinajstić information content (AvgIpc) is 3.08. The lowest BCUT2D eigenvalue weighted by Crippen LogP contribution is -2.38. The average molecular weight is 267 g/mol. The van der Waals surface area contributed by atoms with Gasteiger partial charge in [-0.1, -0.05) is 11.6 Å². The molecular formula is C12H15ClN4O. The summed E-state index contributed by atoms with van der Waals surface area (Å²) in [7, 11) is 0. The molecule has 1 saturated carbocycles. The van der Waals surface area contributed by atoms with Crippen LogP contribution < -0.4 is 10.6 Å². The van der Waals surface area contributed by atoms with Gasteiger partial charge < -0.3 is 10.6 Å². The number of rotatable bonds is 2. The Labute approximate surface area is 110 Å². The molecule has 1 aromatic rings. The Morgan fingerprint density at radius 3 is 2.83 bits per heavy atom. The second-order valence-corrected chi connectivity index (χ2v) is 5.68. The standard InChI is InChI=1S/C12H15ClN4O/c13-9-6-8(10(14)18)11(16-15-9)17-5-1-2-12(7-17)3-4-12/h6H,1-5,7H2,(H2,14,18). The van der Waals surface area contributed by atoms with E-state index in [0.29, 0.717) is 16.8 Å². The van der Waals surface area contributed by atoms with Crippen LogP contribution in [0.3, 0.4) is 0 Å². The molecule has 1 aliphatic heterocycles. The number of piperidine rings is 1. The lowest BCUT2D eigenvalue weighted by atomic mass is 9.95. The van der Waals surface area contributed by atoms with Gasteiger partial charge in [0.2, 0.25) is 0 Å². The van der Waals surface area contributed by atoms with Crippen LogP contribution in [0, 0.1) is 5.41 Å². The lowest BCUT2D eigenvalue weighted by molar-refractivity contribution is 0.1000. The van der Waals surface area contributed by atoms with Crippen LogP contribution in [0.25, 0.3) is 0 Å². The van der Waals surface area contributed by atoms with Gasteiger partial charge >= 0.3 is 0 Å². The first kappa shape index (κ1) is 11.7. The minimum absolute atomic E-state index is 0.200. The fraction of sp³-hybridized carbons (Fsp3) is 0.583. The van der Waals surface area contributed by atoms with E-state index < -0.39 is 5.91 Å². The molecule has 6 heteroatoms. The second kappa shape index (κ2) is 4.09. The van der Waals surface area contributed by atoms with Crippen molar-refractivity contribution in [3.05, 3.63) is 16.8 Å². The monoisotopic (exact) mass is 266 g/mol. The maximum Gasteiger partial charge on any atom is 0.252 e. The van der Waals surface area contributed by atoms with Crippen LogP contribution in [0.15, 0.2) is 6.07 Å². The van der Waals surface area contributed by atoms with Crippen LogP contribution in [0.2, 0.25) is 5.15 Å². The van der Waals surface area contributed by atoms with Crippen molar-refractivity contribution in [1.29, 1.82) is 0 Å². The summed E-state index contributed by atoms with van der Waals surface area (Å²) in [6, 6.07) is 1.50. The van der Waals surface area contributed by atoms with Crippen molar-refractivity contribution in [3.8, 4) is 0 Å². The van der Waals surface area contributed by atoms with Gasteiger partial charge in [-0.15, -0.1) is 10.2 Å². The van der Waals surface area contributed by atoms with E-state index in [1.165, 1.54) is 25.3 Å². The van der Waals surface area contributed by atoms with E-state index in [1.807, 2.05) is 0 Å². The molecule has 18 heavy (non-hydrogen) atoms. The minimum atomic E-state index is -0.503. The number of nitrogens with zero attached hydrogens (tertiary/aromatic N) is 3. The fourth-order valence-electron chi connectivity index (χ4n) is 2.75. The predicted octanol–water partition coefficient (Wildman–Crippen LogP) is 1.61. The Kier molecular flexibility index (Phi) is 2.66. The lowest BCUT2D eigenvalue weighted by Gasteiger charge is -2.34. The van der Waals surface area contributed by atoms with E-state index in [4.69, 9.17) is 17.3 Å². The van der Waals surface area contributed by atoms with Gasteiger partial charge in [-0.25, -0.2) is 0 Å². The Balaban J connectivity index is 1.93. The molecule has 1 saturated heterocycles. The molecule has 1 spiro atoms. The maximum absolute atomic E-state index is 11.5. The molecule has 3 rings (SSSR count). The quantitative estimate of drug-likeness (QED) is 0.883. The molecule has 1 aliphatic carbocycles. The van der Waals surface area contributed by atoms with Crippen LogP contribution in [-0.4, -0.2) is 29.2 Å². The number of halogens is 1. The molecule has 1 amide bonds. The van der Waals surface area contributed by atoms with Gasteiger partial charge in [0.15, 0.2) is 11.0 Å². The van der Waals surface area contributed by atoms with Gasteiger partial charge in [0, 0.05) is 13.1 Å². The molecule has 0 radical (unpaired) electrons. The fourth-order valence-corrected chi connectivity index (χ4v) is 2.90. The van der Waals surface area contributed by atoms with Gasteiger partial charge in [0.25, 0.3) is 5.91 Å². The van der Waals surface area contributed by atoms with Gasteiger partial charge in [-0.2, -0.15) is 0 Å². The van der Waals surface area contributed by atoms with Gasteiger partial charge in [-0.3, -0.25) is 4.79 Å². The molecule has 96 valence electrons. The molecule has 0 aromatic carbocycles. The van der Waals surface area contributed by atoms with Gasteiger partial charge in [0.05, 0.1) is 5.56 Å². The summed E-state index contributed by atoms with van der Waals surface area (Å²) < 4.78 is 0. The molecule has 0 bridgehead atoms. The van der Waals surface area contributed by atoms with E-state index in [-0.39, 0.29) is 5.15 Å². The first-order valence-electron chi connectivity index (χ1n) is 6.18. The number of carbonyl (C=O) groups excluding carboxylic acids is 1. The number of hydrogen-bond donors (Lipinski definition) is 1. The number of nitrogens with two attached hydrogens (primary N) is 1. The van der Waals surface area contributed by atoms with Crippen molar-refractivity contribution in [2.75, 3.05) is 18.0 Å². The number of aromatic nitrogens is 2. The predicted molar refractivity (Wildman–Crippen MR) is 68.7 cm³/mol. The van der Waals surface area contributed by atoms with E-state index in [2.05, 4.69) is 15.1 Å². The second-order valence-electron chi connectivity index (χ2n) is 5.29. The third-order valence-corrected chi connectivity index (χ3v) is 4.11. The van der Waals surface area contributed by atoms with Crippen molar-refractivity contribution in [2.45, 2.75) is 25.7 Å². The molecule has 5 nitrogen and oxygen atoms in total. The topological polar surface area (TPSA) is 72.1 Å². The summed E-state index contributed by atoms with van der Waals surface area (Å²) >= 11 is 5.77. The zero-order valence-electron chi connectivity index (χ0n) is 10.0. The highest BCUT2D eigenvalue weighted by Crippen LogP contribution is 2.52. The van der Waals surface area contributed by atoms with E-state index in [9.17, 15) is 4.79 Å². The first-order chi connectivity index (χ1) is 8.60. The summed E-state index contributed by atoms with van der Waals surface area (Å²) in [6.45, 7) is 1.85. The third-order valence-electron chi connectivity index (χ3n) is 3.93. The van der Waals surface area contributed by atoms with Crippen LogP contribution in [0.5, 0.6) is 0 Å². The van der Waals surface area contributed by atoms with E-state index in [1.54, 1.807) is 0 Å². The Bertz CT molecular complexity index is 501. The van der Waals surface area contributed by atoms with Crippen LogP contribution in [0.4, 0.5) is 5.82 Å². The van der Waals surface area contributed by atoms with Crippen molar-refractivity contribution in [2.24, 2.45) is 11.1 Å². The molecule has 0 atom stereocenters. The molecule has 2 N–H and O–H groups in total. The Morgan fingerprint density at radius 1 is 1.39 bits per heavy atom. The largest absolute Gasteiger partial charge is 0.365 e. The SMILES string of the molecule is NC(=O)c1cc(Cl)nnc1N1CCCC2(CC2)C1. The Morgan fingerprint density at radius 2 is 2.17 bits per heavy atom. The van der Waals surface area contributed by atoms with E-state index in [0.717, 1.165) is 19.5 Å². The molecule has 2 heterocycles.